The Morgan fingerprint density at radius 3 is 2.58 bits per heavy atom. The smallest absolute Gasteiger partial charge is 0.308 e. The van der Waals surface area contributed by atoms with Gasteiger partial charge in [0.05, 0.1) is 18.1 Å². The molecule has 0 radical (unpaired) electrons. The summed E-state index contributed by atoms with van der Waals surface area (Å²) in [7, 11) is 0. The molecule has 1 fully saturated rings. The molecule has 0 saturated heterocycles. The molecule has 0 heterocycles. The van der Waals surface area contributed by atoms with Crippen molar-refractivity contribution in [2.45, 2.75) is 58.5 Å². The first-order valence-electron chi connectivity index (χ1n) is 7.43. The van der Waals surface area contributed by atoms with E-state index in [9.17, 15) is 9.90 Å². The van der Waals surface area contributed by atoms with Crippen LogP contribution in [0.25, 0.3) is 0 Å². The molecule has 0 spiro atoms. The fraction of sp³-hybridized carbons (Fsp3) is 0.933. The normalized spacial score (nSPS) is 27.5. The Hall–Kier alpha value is -0.220. The lowest BCUT2D eigenvalue weighted by Crippen LogP contribution is -2.38. The molecule has 0 bridgehead atoms. The van der Waals surface area contributed by atoms with Crippen LogP contribution >= 0.6 is 11.8 Å². The Bertz CT molecular complexity index is 271. The third-order valence-corrected chi connectivity index (χ3v) is 5.01. The highest BCUT2D eigenvalue weighted by Crippen LogP contribution is 2.35. The van der Waals surface area contributed by atoms with Gasteiger partial charge in [0.1, 0.15) is 0 Å². The second kappa shape index (κ2) is 8.15. The van der Waals surface area contributed by atoms with Crippen molar-refractivity contribution in [3.8, 4) is 0 Å². The van der Waals surface area contributed by atoms with Crippen molar-refractivity contribution in [2.75, 3.05) is 18.1 Å². The van der Waals surface area contributed by atoms with Crippen LogP contribution in [0, 0.1) is 11.8 Å². The highest BCUT2D eigenvalue weighted by atomic mass is 32.2. The summed E-state index contributed by atoms with van der Waals surface area (Å²) in [6, 6.07) is 0. The quantitative estimate of drug-likeness (QED) is 0.577. The standard InChI is InChI=1S/C15H28O3S/c1-4-18-14(16)13-5-8-15(17,9-6-13)11-19-10-7-12(2)3/h12-13,17H,4-11H2,1-3H3. The minimum atomic E-state index is -0.565. The summed E-state index contributed by atoms with van der Waals surface area (Å²) in [4.78, 5) is 11.6. The van der Waals surface area contributed by atoms with Gasteiger partial charge in [-0.3, -0.25) is 4.79 Å². The first-order valence-corrected chi connectivity index (χ1v) is 8.59. The minimum absolute atomic E-state index is 0.000823. The maximum atomic E-state index is 11.6. The van der Waals surface area contributed by atoms with Gasteiger partial charge in [-0.15, -0.1) is 0 Å². The van der Waals surface area contributed by atoms with Crippen molar-refractivity contribution in [1.82, 2.24) is 0 Å². The number of esters is 1. The maximum Gasteiger partial charge on any atom is 0.308 e. The second-order valence-electron chi connectivity index (χ2n) is 5.99. The number of carbonyl (C=O) groups is 1. The van der Waals surface area contributed by atoms with Gasteiger partial charge in [0.2, 0.25) is 0 Å². The lowest BCUT2D eigenvalue weighted by molar-refractivity contribution is -0.150. The van der Waals surface area contributed by atoms with Crippen LogP contribution in [0.4, 0.5) is 0 Å². The van der Waals surface area contributed by atoms with Crippen LogP contribution in [0.2, 0.25) is 0 Å². The number of hydrogen-bond donors (Lipinski definition) is 1. The number of carbonyl (C=O) groups excluding carboxylic acids is 1. The largest absolute Gasteiger partial charge is 0.466 e. The molecule has 112 valence electrons. The van der Waals surface area contributed by atoms with Crippen LogP contribution in [-0.2, 0) is 9.53 Å². The third kappa shape index (κ3) is 6.17. The highest BCUT2D eigenvalue weighted by molar-refractivity contribution is 7.99. The highest BCUT2D eigenvalue weighted by Gasteiger charge is 2.36. The Morgan fingerprint density at radius 1 is 1.42 bits per heavy atom. The summed E-state index contributed by atoms with van der Waals surface area (Å²) in [6.07, 6.45) is 4.18. The SMILES string of the molecule is CCOC(=O)C1CCC(O)(CSCCC(C)C)CC1. The Balaban J connectivity index is 2.25. The summed E-state index contributed by atoms with van der Waals surface area (Å²) in [6.45, 7) is 6.73. The van der Waals surface area contributed by atoms with Gasteiger partial charge in [0.25, 0.3) is 0 Å². The molecule has 4 heteroatoms. The van der Waals surface area contributed by atoms with Gasteiger partial charge in [-0.2, -0.15) is 11.8 Å². The predicted molar refractivity (Wildman–Crippen MR) is 80.3 cm³/mol. The summed E-state index contributed by atoms with van der Waals surface area (Å²) < 4.78 is 5.05. The molecule has 1 aliphatic carbocycles. The van der Waals surface area contributed by atoms with Gasteiger partial charge in [-0.05, 0) is 50.7 Å². The first kappa shape index (κ1) is 16.8. The van der Waals surface area contributed by atoms with E-state index in [1.807, 2.05) is 18.7 Å². The van der Waals surface area contributed by atoms with E-state index in [1.165, 1.54) is 6.42 Å². The molecule has 0 aromatic rings. The van der Waals surface area contributed by atoms with Gasteiger partial charge in [0, 0.05) is 5.75 Å². The lowest BCUT2D eigenvalue weighted by Gasteiger charge is -2.35. The van der Waals surface area contributed by atoms with E-state index >= 15 is 0 Å². The van der Waals surface area contributed by atoms with Gasteiger partial charge < -0.3 is 9.84 Å². The lowest BCUT2D eigenvalue weighted by atomic mass is 9.80. The zero-order valence-corrected chi connectivity index (χ0v) is 13.3. The molecule has 1 aliphatic rings. The van der Waals surface area contributed by atoms with Gasteiger partial charge in [-0.25, -0.2) is 0 Å². The van der Waals surface area contributed by atoms with E-state index in [0.29, 0.717) is 6.61 Å². The Morgan fingerprint density at radius 2 is 2.05 bits per heavy atom. The summed E-state index contributed by atoms with van der Waals surface area (Å²) in [5.74, 6) is 2.55. The van der Waals surface area contributed by atoms with Crippen LogP contribution in [0.15, 0.2) is 0 Å². The van der Waals surface area contributed by atoms with Crippen molar-refractivity contribution < 1.29 is 14.6 Å². The van der Waals surface area contributed by atoms with E-state index in [4.69, 9.17) is 4.74 Å². The van der Waals surface area contributed by atoms with E-state index in [2.05, 4.69) is 13.8 Å². The minimum Gasteiger partial charge on any atom is -0.466 e. The fourth-order valence-corrected chi connectivity index (χ4v) is 3.83. The van der Waals surface area contributed by atoms with Crippen molar-refractivity contribution in [3.63, 3.8) is 0 Å². The number of hydrogen-bond acceptors (Lipinski definition) is 4. The average Bonchev–Trinajstić information content (AvgIpc) is 2.36. The number of rotatable bonds is 7. The van der Waals surface area contributed by atoms with Crippen molar-refractivity contribution in [2.24, 2.45) is 11.8 Å². The van der Waals surface area contributed by atoms with Crippen LogP contribution in [0.3, 0.4) is 0 Å². The summed E-state index contributed by atoms with van der Waals surface area (Å²) in [5, 5.41) is 10.5. The topological polar surface area (TPSA) is 46.5 Å². The van der Waals surface area contributed by atoms with Crippen molar-refractivity contribution >= 4 is 17.7 Å². The number of thioether (sulfide) groups is 1. The first-order chi connectivity index (χ1) is 8.97. The number of ether oxygens (including phenoxy) is 1. The van der Waals surface area contributed by atoms with Crippen molar-refractivity contribution in [3.05, 3.63) is 0 Å². The van der Waals surface area contributed by atoms with E-state index in [0.717, 1.165) is 43.1 Å². The van der Waals surface area contributed by atoms with E-state index in [-0.39, 0.29) is 11.9 Å². The zero-order valence-electron chi connectivity index (χ0n) is 12.5. The van der Waals surface area contributed by atoms with Crippen molar-refractivity contribution in [1.29, 1.82) is 0 Å². The van der Waals surface area contributed by atoms with E-state index < -0.39 is 5.60 Å². The van der Waals surface area contributed by atoms with E-state index in [1.54, 1.807) is 0 Å². The third-order valence-electron chi connectivity index (χ3n) is 3.75. The van der Waals surface area contributed by atoms with Gasteiger partial charge in [-0.1, -0.05) is 13.8 Å². The molecule has 0 unspecified atom stereocenters. The Labute approximate surface area is 121 Å². The molecule has 0 aliphatic heterocycles. The molecule has 0 aromatic carbocycles. The van der Waals surface area contributed by atoms with Crippen LogP contribution in [0.1, 0.15) is 52.9 Å². The molecule has 0 aromatic heterocycles. The molecular weight excluding hydrogens is 260 g/mol. The molecular formula is C15H28O3S. The zero-order chi connectivity index (χ0) is 14.3. The molecule has 0 atom stereocenters. The van der Waals surface area contributed by atoms with Gasteiger partial charge >= 0.3 is 5.97 Å². The molecule has 0 amide bonds. The predicted octanol–water partition coefficient (Wildman–Crippen LogP) is 3.25. The Kier molecular flexibility index (Phi) is 7.22. The molecule has 1 rings (SSSR count). The molecule has 1 saturated carbocycles. The monoisotopic (exact) mass is 288 g/mol. The maximum absolute atomic E-state index is 11.6. The summed E-state index contributed by atoms with van der Waals surface area (Å²) in [5.41, 5.74) is -0.565. The van der Waals surface area contributed by atoms with Gasteiger partial charge in [0.15, 0.2) is 0 Å². The number of aliphatic hydroxyl groups is 1. The van der Waals surface area contributed by atoms with Crippen LogP contribution in [-0.4, -0.2) is 34.8 Å². The average molecular weight is 288 g/mol. The second-order valence-corrected chi connectivity index (χ2v) is 7.09. The molecule has 3 nitrogen and oxygen atoms in total. The van der Waals surface area contributed by atoms with Crippen LogP contribution < -0.4 is 0 Å². The molecule has 1 N–H and O–H groups in total. The molecule has 19 heavy (non-hydrogen) atoms. The van der Waals surface area contributed by atoms with Crippen LogP contribution in [0.5, 0.6) is 0 Å². The fourth-order valence-electron chi connectivity index (χ4n) is 2.38. The summed E-state index contributed by atoms with van der Waals surface area (Å²) >= 11 is 1.84.